The fourth-order valence-electron chi connectivity index (χ4n) is 2.93. The molecular weight excluding hydrogens is 311 g/mol. The first-order chi connectivity index (χ1) is 11.7. The molecule has 1 aliphatic rings. The largest absolute Gasteiger partial charge is 0.497 e. The van der Waals surface area contributed by atoms with Crippen LogP contribution >= 0.6 is 0 Å². The SMILES string of the molecule is COc1ccc2cc(/C=C\C(C)B3OC(C)(C)C(C)(C)O3)ccc2c1. The molecule has 1 atom stereocenters. The zero-order valence-corrected chi connectivity index (χ0v) is 16.0. The minimum atomic E-state index is -0.290. The van der Waals surface area contributed by atoms with E-state index >= 15 is 0 Å². The molecule has 3 rings (SSSR count). The number of fused-ring (bicyclic) bond motifs is 1. The van der Waals surface area contributed by atoms with Crippen LogP contribution in [0.4, 0.5) is 0 Å². The van der Waals surface area contributed by atoms with Crippen molar-refractivity contribution in [3.05, 3.63) is 48.0 Å². The van der Waals surface area contributed by atoms with Crippen LogP contribution in [0.25, 0.3) is 16.8 Å². The Labute approximate surface area is 151 Å². The predicted octanol–water partition coefficient (Wildman–Crippen LogP) is 5.34. The number of methoxy groups -OCH3 is 1. The molecule has 132 valence electrons. The molecule has 0 saturated carbocycles. The van der Waals surface area contributed by atoms with Crippen LogP contribution in [-0.4, -0.2) is 25.4 Å². The molecule has 1 saturated heterocycles. The Morgan fingerprint density at radius 1 is 0.960 bits per heavy atom. The van der Waals surface area contributed by atoms with Gasteiger partial charge >= 0.3 is 7.12 Å². The third kappa shape index (κ3) is 3.60. The molecule has 0 aliphatic carbocycles. The second-order valence-electron chi connectivity index (χ2n) is 7.82. The summed E-state index contributed by atoms with van der Waals surface area (Å²) in [6.07, 6.45) is 4.30. The van der Waals surface area contributed by atoms with Crippen LogP contribution in [0.2, 0.25) is 5.82 Å². The third-order valence-electron chi connectivity index (χ3n) is 5.36. The highest BCUT2D eigenvalue weighted by Gasteiger charge is 2.52. The van der Waals surface area contributed by atoms with E-state index in [1.807, 2.05) is 6.07 Å². The Hall–Kier alpha value is -1.78. The van der Waals surface area contributed by atoms with Crippen LogP contribution in [0, 0.1) is 0 Å². The number of allylic oxidation sites excluding steroid dienone is 1. The molecule has 3 nitrogen and oxygen atoms in total. The maximum atomic E-state index is 6.12. The van der Waals surface area contributed by atoms with Crippen molar-refractivity contribution in [3.8, 4) is 5.75 Å². The Morgan fingerprint density at radius 2 is 1.56 bits per heavy atom. The van der Waals surface area contributed by atoms with Crippen molar-refractivity contribution in [1.82, 2.24) is 0 Å². The fraction of sp³-hybridized carbons (Fsp3) is 0.429. The molecule has 1 heterocycles. The topological polar surface area (TPSA) is 27.7 Å². The van der Waals surface area contributed by atoms with Crippen LogP contribution in [0.5, 0.6) is 5.75 Å². The van der Waals surface area contributed by atoms with E-state index in [1.165, 1.54) is 16.3 Å². The van der Waals surface area contributed by atoms with Crippen LogP contribution in [0.15, 0.2) is 42.5 Å². The molecule has 0 radical (unpaired) electrons. The summed E-state index contributed by atoms with van der Waals surface area (Å²) >= 11 is 0. The van der Waals surface area contributed by atoms with E-state index in [2.05, 4.69) is 77.1 Å². The van der Waals surface area contributed by atoms with E-state index in [0.29, 0.717) is 0 Å². The van der Waals surface area contributed by atoms with Gasteiger partial charge in [0.1, 0.15) is 5.75 Å². The molecule has 0 N–H and O–H groups in total. The van der Waals surface area contributed by atoms with E-state index in [-0.39, 0.29) is 24.1 Å². The van der Waals surface area contributed by atoms with Gasteiger partial charge in [0, 0.05) is 5.82 Å². The van der Waals surface area contributed by atoms with E-state index < -0.39 is 0 Å². The Morgan fingerprint density at radius 3 is 2.20 bits per heavy atom. The van der Waals surface area contributed by atoms with Crippen LogP contribution in [0.1, 0.15) is 40.2 Å². The average Bonchev–Trinajstić information content (AvgIpc) is 2.79. The van der Waals surface area contributed by atoms with Gasteiger partial charge in [0.25, 0.3) is 0 Å². The Bertz CT molecular complexity index is 779. The summed E-state index contributed by atoms with van der Waals surface area (Å²) in [4.78, 5) is 0. The normalized spacial score (nSPS) is 20.3. The van der Waals surface area contributed by atoms with Gasteiger partial charge in [0.05, 0.1) is 18.3 Å². The lowest BCUT2D eigenvalue weighted by molar-refractivity contribution is 0.00578. The zero-order valence-electron chi connectivity index (χ0n) is 16.0. The van der Waals surface area contributed by atoms with E-state index in [9.17, 15) is 0 Å². The minimum absolute atomic E-state index is 0.174. The second kappa shape index (κ2) is 6.51. The first-order valence-corrected chi connectivity index (χ1v) is 8.83. The summed E-state index contributed by atoms with van der Waals surface area (Å²) < 4.78 is 17.5. The molecule has 1 fully saturated rings. The molecular formula is C21H27BO3. The first kappa shape index (κ1) is 18.0. The third-order valence-corrected chi connectivity index (χ3v) is 5.36. The molecule has 1 aliphatic heterocycles. The number of hydrogen-bond acceptors (Lipinski definition) is 3. The van der Waals surface area contributed by atoms with Crippen molar-refractivity contribution < 1.29 is 14.0 Å². The summed E-state index contributed by atoms with van der Waals surface area (Å²) in [7, 11) is 1.47. The highest BCUT2D eigenvalue weighted by atomic mass is 16.7. The van der Waals surface area contributed by atoms with Crippen LogP contribution < -0.4 is 4.74 Å². The van der Waals surface area contributed by atoms with Gasteiger partial charge in [-0.25, -0.2) is 0 Å². The summed E-state index contributed by atoms with van der Waals surface area (Å²) in [5.74, 6) is 1.05. The number of benzene rings is 2. The lowest BCUT2D eigenvalue weighted by Crippen LogP contribution is -2.41. The molecule has 1 unspecified atom stereocenters. The van der Waals surface area contributed by atoms with Crippen molar-refractivity contribution in [2.45, 2.75) is 51.6 Å². The van der Waals surface area contributed by atoms with E-state index in [4.69, 9.17) is 14.0 Å². The van der Waals surface area contributed by atoms with Gasteiger partial charge in [0.2, 0.25) is 0 Å². The lowest BCUT2D eigenvalue weighted by Gasteiger charge is -2.32. The van der Waals surface area contributed by atoms with E-state index in [0.717, 1.165) is 5.75 Å². The first-order valence-electron chi connectivity index (χ1n) is 8.83. The van der Waals surface area contributed by atoms with Crippen molar-refractivity contribution in [1.29, 1.82) is 0 Å². The van der Waals surface area contributed by atoms with Gasteiger partial charge in [-0.1, -0.05) is 37.3 Å². The molecule has 0 bridgehead atoms. The van der Waals surface area contributed by atoms with Gasteiger partial charge in [-0.2, -0.15) is 0 Å². The van der Waals surface area contributed by atoms with Crippen LogP contribution in [0.3, 0.4) is 0 Å². The van der Waals surface area contributed by atoms with Gasteiger partial charge in [0.15, 0.2) is 0 Å². The van der Waals surface area contributed by atoms with Crippen molar-refractivity contribution in [3.63, 3.8) is 0 Å². The zero-order chi connectivity index (χ0) is 18.2. The van der Waals surface area contributed by atoms with Gasteiger partial charge < -0.3 is 14.0 Å². The summed E-state index contributed by atoms with van der Waals surface area (Å²) in [6, 6.07) is 12.6. The van der Waals surface area contributed by atoms with Crippen LogP contribution in [-0.2, 0) is 9.31 Å². The highest BCUT2D eigenvalue weighted by molar-refractivity contribution is 6.48. The average molecular weight is 338 g/mol. The van der Waals surface area contributed by atoms with E-state index in [1.54, 1.807) is 7.11 Å². The molecule has 0 amide bonds. The predicted molar refractivity (Wildman–Crippen MR) is 105 cm³/mol. The van der Waals surface area contributed by atoms with Crippen molar-refractivity contribution >= 4 is 24.0 Å². The van der Waals surface area contributed by atoms with Gasteiger partial charge in [-0.05, 0) is 62.2 Å². The summed E-state index contributed by atoms with van der Waals surface area (Å²) in [5, 5.41) is 2.38. The standard InChI is InChI=1S/C21H27BO3/c1-15(22-24-20(2,3)21(4,5)25-22)7-8-16-9-10-18-14-19(23-6)12-11-17(18)13-16/h7-15H,1-6H3/b8-7-. The molecule has 4 heteroatoms. The number of ether oxygens (including phenoxy) is 1. The minimum Gasteiger partial charge on any atom is -0.497 e. The fourth-order valence-corrected chi connectivity index (χ4v) is 2.93. The molecule has 25 heavy (non-hydrogen) atoms. The number of rotatable bonds is 4. The Kier molecular flexibility index (Phi) is 4.69. The molecule has 2 aromatic rings. The quantitative estimate of drug-likeness (QED) is 0.704. The molecule has 0 aromatic heterocycles. The lowest BCUT2D eigenvalue weighted by atomic mass is 9.73. The molecule has 2 aromatic carbocycles. The molecule has 0 spiro atoms. The second-order valence-corrected chi connectivity index (χ2v) is 7.82. The monoisotopic (exact) mass is 338 g/mol. The Balaban J connectivity index is 1.74. The highest BCUT2D eigenvalue weighted by Crippen LogP contribution is 2.40. The van der Waals surface area contributed by atoms with Crippen molar-refractivity contribution in [2.75, 3.05) is 7.11 Å². The maximum Gasteiger partial charge on any atom is 0.464 e. The number of hydrogen-bond donors (Lipinski definition) is 0. The van der Waals surface area contributed by atoms with Gasteiger partial charge in [-0.3, -0.25) is 0 Å². The van der Waals surface area contributed by atoms with Crippen molar-refractivity contribution in [2.24, 2.45) is 0 Å². The summed E-state index contributed by atoms with van der Waals surface area (Å²) in [5.41, 5.74) is 0.588. The smallest absolute Gasteiger partial charge is 0.464 e. The van der Waals surface area contributed by atoms with Gasteiger partial charge in [-0.15, -0.1) is 0 Å². The maximum absolute atomic E-state index is 6.12. The summed E-state index contributed by atoms with van der Waals surface area (Å²) in [6.45, 7) is 10.5.